The second kappa shape index (κ2) is 9.54. The van der Waals surface area contributed by atoms with Crippen LogP contribution in [0.2, 0.25) is 5.02 Å². The van der Waals surface area contributed by atoms with Crippen molar-refractivity contribution in [3.63, 3.8) is 0 Å². The first kappa shape index (κ1) is 22.8. The molecule has 1 aliphatic heterocycles. The molecule has 164 valence electrons. The Labute approximate surface area is 187 Å². The smallest absolute Gasteiger partial charge is 0.295 e. The number of aliphatic hydroxyl groups excluding tert-OH is 1. The molecule has 1 atom stereocenters. The highest BCUT2D eigenvalue weighted by atomic mass is 35.5. The third kappa shape index (κ3) is 4.60. The molecule has 3 rings (SSSR count). The number of ether oxygens (including phenoxy) is 2. The molecule has 0 radical (unpaired) electrons. The number of halogens is 1. The third-order valence-corrected chi connectivity index (χ3v) is 5.37. The standard InChI is InChI=1S/C24H26ClNO5/c1-14(2)31-11-10-26-20(16-8-6-5-7-9-16)19(22(28)24(26)29)21(27)17-12-15(3)13-18(25)23(17)30-4/h5-9,12-14,20,27H,10-11H2,1-4H3/b21-19+. The van der Waals surface area contributed by atoms with E-state index in [1.807, 2.05) is 51.1 Å². The first-order chi connectivity index (χ1) is 14.8. The molecule has 1 heterocycles. The molecular formula is C24H26ClNO5. The van der Waals surface area contributed by atoms with Gasteiger partial charge in [0.25, 0.3) is 11.7 Å². The predicted octanol–water partition coefficient (Wildman–Crippen LogP) is 4.50. The van der Waals surface area contributed by atoms with Crippen molar-refractivity contribution in [3.05, 3.63) is 69.8 Å². The van der Waals surface area contributed by atoms with Gasteiger partial charge in [-0.1, -0.05) is 41.9 Å². The number of carbonyl (C=O) groups excluding carboxylic acids is 2. The Kier molecular flexibility index (Phi) is 7.03. The van der Waals surface area contributed by atoms with E-state index >= 15 is 0 Å². The number of nitrogens with zero attached hydrogens (tertiary/aromatic N) is 1. The third-order valence-electron chi connectivity index (χ3n) is 5.09. The van der Waals surface area contributed by atoms with E-state index in [0.717, 1.165) is 5.56 Å². The molecule has 0 aromatic heterocycles. The van der Waals surface area contributed by atoms with Gasteiger partial charge in [-0.2, -0.15) is 0 Å². The Hall–Kier alpha value is -2.83. The lowest BCUT2D eigenvalue weighted by molar-refractivity contribution is -0.140. The zero-order valence-corrected chi connectivity index (χ0v) is 18.8. The number of likely N-dealkylation sites (tertiary alicyclic amines) is 1. The Balaban J connectivity index is 2.17. The molecule has 0 spiro atoms. The fourth-order valence-corrected chi connectivity index (χ4v) is 4.09. The minimum atomic E-state index is -0.754. The van der Waals surface area contributed by atoms with Gasteiger partial charge < -0.3 is 19.5 Å². The summed E-state index contributed by atoms with van der Waals surface area (Å²) < 4.78 is 11.0. The summed E-state index contributed by atoms with van der Waals surface area (Å²) in [7, 11) is 1.43. The van der Waals surface area contributed by atoms with Gasteiger partial charge in [0.2, 0.25) is 0 Å². The van der Waals surface area contributed by atoms with E-state index in [1.54, 1.807) is 12.1 Å². The van der Waals surface area contributed by atoms with E-state index < -0.39 is 17.7 Å². The van der Waals surface area contributed by atoms with Crippen molar-refractivity contribution < 1.29 is 24.2 Å². The minimum Gasteiger partial charge on any atom is -0.507 e. The molecule has 0 saturated carbocycles. The molecule has 0 aliphatic carbocycles. The van der Waals surface area contributed by atoms with Gasteiger partial charge in [0, 0.05) is 6.54 Å². The number of amides is 1. The van der Waals surface area contributed by atoms with Crippen molar-refractivity contribution in [3.8, 4) is 5.75 Å². The van der Waals surface area contributed by atoms with E-state index in [-0.39, 0.29) is 41.9 Å². The minimum absolute atomic E-state index is 0.000661. The quantitative estimate of drug-likeness (QED) is 0.387. The van der Waals surface area contributed by atoms with Crippen LogP contribution in [0.15, 0.2) is 48.0 Å². The molecule has 1 unspecified atom stereocenters. The lowest BCUT2D eigenvalue weighted by atomic mass is 9.94. The van der Waals surface area contributed by atoms with Crippen LogP contribution < -0.4 is 4.74 Å². The highest BCUT2D eigenvalue weighted by molar-refractivity contribution is 6.46. The van der Waals surface area contributed by atoms with Crippen LogP contribution in [-0.4, -0.2) is 48.1 Å². The Bertz CT molecular complexity index is 1020. The number of benzene rings is 2. The lowest BCUT2D eigenvalue weighted by Crippen LogP contribution is -2.33. The number of carbonyl (C=O) groups is 2. The molecule has 1 N–H and O–H groups in total. The molecule has 2 aromatic rings. The van der Waals surface area contributed by atoms with Crippen LogP contribution >= 0.6 is 11.6 Å². The highest BCUT2D eigenvalue weighted by Gasteiger charge is 2.46. The van der Waals surface area contributed by atoms with E-state index in [1.165, 1.54) is 12.0 Å². The number of Topliss-reactive ketones (excluding diaryl/α,β-unsaturated/α-hetero) is 1. The molecule has 1 aliphatic rings. The van der Waals surface area contributed by atoms with Crippen LogP contribution in [0.3, 0.4) is 0 Å². The van der Waals surface area contributed by atoms with Crippen LogP contribution in [0, 0.1) is 6.92 Å². The number of hydrogen-bond donors (Lipinski definition) is 1. The lowest BCUT2D eigenvalue weighted by Gasteiger charge is -2.25. The summed E-state index contributed by atoms with van der Waals surface area (Å²) in [5.41, 5.74) is 1.76. The van der Waals surface area contributed by atoms with Gasteiger partial charge >= 0.3 is 0 Å². The maximum absolute atomic E-state index is 13.1. The largest absolute Gasteiger partial charge is 0.507 e. The Morgan fingerprint density at radius 2 is 1.87 bits per heavy atom. The van der Waals surface area contributed by atoms with Crippen LogP contribution in [0.1, 0.15) is 36.6 Å². The molecule has 1 fully saturated rings. The number of aliphatic hydroxyl groups is 1. The number of methoxy groups -OCH3 is 1. The zero-order chi connectivity index (χ0) is 22.7. The second-order valence-corrected chi connectivity index (χ2v) is 8.06. The van der Waals surface area contributed by atoms with Crippen molar-refractivity contribution >= 4 is 29.1 Å². The van der Waals surface area contributed by atoms with E-state index in [4.69, 9.17) is 21.1 Å². The fourth-order valence-electron chi connectivity index (χ4n) is 3.74. The number of aryl methyl sites for hydroxylation is 1. The first-order valence-corrected chi connectivity index (χ1v) is 10.4. The van der Waals surface area contributed by atoms with Crippen LogP contribution in [0.4, 0.5) is 0 Å². The molecule has 1 saturated heterocycles. The van der Waals surface area contributed by atoms with Gasteiger partial charge in [0.1, 0.15) is 11.5 Å². The normalized spacial score (nSPS) is 18.1. The van der Waals surface area contributed by atoms with Crippen LogP contribution in [0.25, 0.3) is 5.76 Å². The van der Waals surface area contributed by atoms with Gasteiger partial charge in [-0.25, -0.2) is 0 Å². The molecule has 1 amide bonds. The summed E-state index contributed by atoms with van der Waals surface area (Å²) >= 11 is 6.29. The summed E-state index contributed by atoms with van der Waals surface area (Å²) in [6, 6.07) is 11.8. The average molecular weight is 444 g/mol. The summed E-state index contributed by atoms with van der Waals surface area (Å²) in [4.78, 5) is 27.4. The van der Waals surface area contributed by atoms with Crippen molar-refractivity contribution in [1.82, 2.24) is 4.90 Å². The predicted molar refractivity (Wildman–Crippen MR) is 119 cm³/mol. The van der Waals surface area contributed by atoms with E-state index in [9.17, 15) is 14.7 Å². The van der Waals surface area contributed by atoms with Crippen molar-refractivity contribution in [2.75, 3.05) is 20.3 Å². The number of ketones is 1. The van der Waals surface area contributed by atoms with Crippen molar-refractivity contribution in [1.29, 1.82) is 0 Å². The Morgan fingerprint density at radius 3 is 2.48 bits per heavy atom. The molecule has 7 heteroatoms. The fraction of sp³-hybridized carbons (Fsp3) is 0.333. The highest BCUT2D eigenvalue weighted by Crippen LogP contribution is 2.42. The monoisotopic (exact) mass is 443 g/mol. The molecular weight excluding hydrogens is 418 g/mol. The van der Waals surface area contributed by atoms with Gasteiger partial charge in [0.05, 0.1) is 42.0 Å². The van der Waals surface area contributed by atoms with Gasteiger partial charge in [-0.3, -0.25) is 9.59 Å². The molecule has 0 bridgehead atoms. The first-order valence-electron chi connectivity index (χ1n) is 10.1. The van der Waals surface area contributed by atoms with Crippen molar-refractivity contribution in [2.24, 2.45) is 0 Å². The number of hydrogen-bond acceptors (Lipinski definition) is 5. The van der Waals surface area contributed by atoms with E-state index in [2.05, 4.69) is 0 Å². The molecule has 2 aromatic carbocycles. The summed E-state index contributed by atoms with van der Waals surface area (Å²) in [6.45, 7) is 6.10. The molecule has 31 heavy (non-hydrogen) atoms. The number of rotatable bonds is 7. The zero-order valence-electron chi connectivity index (χ0n) is 18.0. The maximum Gasteiger partial charge on any atom is 0.295 e. The van der Waals surface area contributed by atoms with Gasteiger partial charge in [0.15, 0.2) is 0 Å². The SMILES string of the molecule is COc1c(Cl)cc(C)cc1/C(O)=C1\C(=O)C(=O)N(CCOC(C)C)C1c1ccccc1. The molecule has 6 nitrogen and oxygen atoms in total. The van der Waals surface area contributed by atoms with Crippen LogP contribution in [0.5, 0.6) is 5.75 Å². The van der Waals surface area contributed by atoms with Gasteiger partial charge in [-0.05, 0) is 44.0 Å². The topological polar surface area (TPSA) is 76.1 Å². The van der Waals surface area contributed by atoms with Gasteiger partial charge in [-0.15, -0.1) is 0 Å². The summed E-state index contributed by atoms with van der Waals surface area (Å²) in [6.07, 6.45) is -0.00862. The van der Waals surface area contributed by atoms with E-state index in [0.29, 0.717) is 10.6 Å². The van der Waals surface area contributed by atoms with Crippen molar-refractivity contribution in [2.45, 2.75) is 32.9 Å². The summed E-state index contributed by atoms with van der Waals surface area (Å²) in [5, 5.41) is 11.5. The Morgan fingerprint density at radius 1 is 1.19 bits per heavy atom. The maximum atomic E-state index is 13.1. The summed E-state index contributed by atoms with van der Waals surface area (Å²) in [5.74, 6) is -1.51. The average Bonchev–Trinajstić information content (AvgIpc) is 2.98. The second-order valence-electron chi connectivity index (χ2n) is 7.65. The van der Waals surface area contributed by atoms with Crippen LogP contribution in [-0.2, 0) is 14.3 Å².